The van der Waals surface area contributed by atoms with Crippen molar-refractivity contribution in [3.8, 4) is 5.75 Å². The molecule has 2 rings (SSSR count). The van der Waals surface area contributed by atoms with Crippen molar-refractivity contribution in [2.45, 2.75) is 12.8 Å². The number of carbonyl (C=O) groups excluding carboxylic acids is 1. The number of hydrogen-bond donors (Lipinski definition) is 0. The summed E-state index contributed by atoms with van der Waals surface area (Å²) < 4.78 is 18.2. The lowest BCUT2D eigenvalue weighted by atomic mass is 10.2. The summed E-state index contributed by atoms with van der Waals surface area (Å²) in [6.07, 6.45) is 0.737. The molecule has 0 atom stereocenters. The first kappa shape index (κ1) is 15.1. The summed E-state index contributed by atoms with van der Waals surface area (Å²) in [7, 11) is 0. The fourth-order valence-corrected chi connectivity index (χ4v) is 2.42. The molecule has 0 bridgehead atoms. The predicted octanol–water partition coefficient (Wildman–Crippen LogP) is 3.84. The molecule has 0 saturated heterocycles. The zero-order valence-corrected chi connectivity index (χ0v) is 11.8. The molecule has 21 heavy (non-hydrogen) atoms. The summed E-state index contributed by atoms with van der Waals surface area (Å²) in [4.78, 5) is 22.5. The highest BCUT2D eigenvalue weighted by molar-refractivity contribution is 7.12. The molecule has 7 heteroatoms. The van der Waals surface area contributed by atoms with Gasteiger partial charge in [0.2, 0.25) is 0 Å². The Labute approximate surface area is 124 Å². The number of benzene rings is 1. The lowest BCUT2D eigenvalue weighted by Crippen LogP contribution is -2.04. The van der Waals surface area contributed by atoms with Crippen molar-refractivity contribution in [1.82, 2.24) is 0 Å². The van der Waals surface area contributed by atoms with Crippen molar-refractivity contribution in [2.24, 2.45) is 0 Å². The van der Waals surface area contributed by atoms with Gasteiger partial charge in [-0.25, -0.2) is 4.39 Å². The Morgan fingerprint density at radius 3 is 2.86 bits per heavy atom. The van der Waals surface area contributed by atoms with Crippen LogP contribution in [0.1, 0.15) is 22.5 Å². The molecule has 0 aliphatic rings. The number of ether oxygens (including phenoxy) is 1. The SMILES string of the molecule is O=C(CCCOc1ccc(F)cc1[N+](=O)[O-])c1cccs1. The third-order valence-electron chi connectivity index (χ3n) is 2.72. The molecule has 5 nitrogen and oxygen atoms in total. The first-order valence-electron chi connectivity index (χ1n) is 6.21. The maximum atomic E-state index is 13.0. The quantitative estimate of drug-likeness (QED) is 0.337. The Hall–Kier alpha value is -2.28. The molecule has 2 aromatic rings. The molecule has 0 aliphatic heterocycles. The van der Waals surface area contributed by atoms with Gasteiger partial charge in [0, 0.05) is 6.42 Å². The molecular weight excluding hydrogens is 297 g/mol. The molecule has 0 aliphatic carbocycles. The number of carbonyl (C=O) groups is 1. The predicted molar refractivity (Wildman–Crippen MR) is 76.4 cm³/mol. The summed E-state index contributed by atoms with van der Waals surface area (Å²) >= 11 is 1.37. The van der Waals surface area contributed by atoms with Gasteiger partial charge in [0.15, 0.2) is 11.5 Å². The molecule has 0 saturated carbocycles. The molecule has 1 aromatic heterocycles. The Morgan fingerprint density at radius 1 is 1.38 bits per heavy atom. The molecule has 0 unspecified atom stereocenters. The molecule has 1 heterocycles. The Balaban J connectivity index is 1.86. The van der Waals surface area contributed by atoms with Crippen LogP contribution >= 0.6 is 11.3 Å². The number of thiophene rings is 1. The average Bonchev–Trinajstić information content (AvgIpc) is 2.98. The number of nitro groups is 1. The van der Waals surface area contributed by atoms with Crippen LogP contribution in [0.25, 0.3) is 0 Å². The minimum absolute atomic E-state index is 0.00460. The normalized spacial score (nSPS) is 10.3. The summed E-state index contributed by atoms with van der Waals surface area (Å²) in [5.74, 6) is -0.672. The van der Waals surface area contributed by atoms with Gasteiger partial charge in [-0.05, 0) is 30.0 Å². The molecule has 1 aromatic carbocycles. The van der Waals surface area contributed by atoms with E-state index in [1.165, 1.54) is 17.4 Å². The van der Waals surface area contributed by atoms with Gasteiger partial charge in [0.1, 0.15) is 5.82 Å². The van der Waals surface area contributed by atoms with E-state index in [-0.39, 0.29) is 18.1 Å². The van der Waals surface area contributed by atoms with Crippen molar-refractivity contribution < 1.29 is 18.8 Å². The third-order valence-corrected chi connectivity index (χ3v) is 3.63. The van der Waals surface area contributed by atoms with Crippen molar-refractivity contribution in [3.05, 3.63) is 56.5 Å². The number of nitro benzene ring substituents is 1. The van der Waals surface area contributed by atoms with Gasteiger partial charge in [-0.1, -0.05) is 6.07 Å². The Morgan fingerprint density at radius 2 is 2.19 bits per heavy atom. The van der Waals surface area contributed by atoms with E-state index in [9.17, 15) is 19.3 Å². The maximum absolute atomic E-state index is 13.0. The number of nitrogens with zero attached hydrogens (tertiary/aromatic N) is 1. The van der Waals surface area contributed by atoms with Crippen LogP contribution in [0.5, 0.6) is 5.75 Å². The summed E-state index contributed by atoms with van der Waals surface area (Å²) in [5.41, 5.74) is -0.417. The zero-order valence-electron chi connectivity index (χ0n) is 11.0. The number of Topliss-reactive ketones (excluding diaryl/α,β-unsaturated/α-hetero) is 1. The first-order chi connectivity index (χ1) is 10.1. The summed E-state index contributed by atoms with van der Waals surface area (Å²) in [6.45, 7) is 0.156. The Bertz CT molecular complexity index is 642. The Kier molecular flexibility index (Phi) is 4.99. The van der Waals surface area contributed by atoms with Crippen LogP contribution < -0.4 is 4.74 Å². The number of hydrogen-bond acceptors (Lipinski definition) is 5. The van der Waals surface area contributed by atoms with Gasteiger partial charge in [0.05, 0.1) is 22.5 Å². The van der Waals surface area contributed by atoms with Crippen LogP contribution in [0.15, 0.2) is 35.7 Å². The molecule has 0 radical (unpaired) electrons. The van der Waals surface area contributed by atoms with Crippen molar-refractivity contribution in [3.63, 3.8) is 0 Å². The van der Waals surface area contributed by atoms with Gasteiger partial charge >= 0.3 is 5.69 Å². The highest BCUT2D eigenvalue weighted by atomic mass is 32.1. The third kappa shape index (κ3) is 4.09. The highest BCUT2D eigenvalue weighted by Gasteiger charge is 2.16. The van der Waals surface area contributed by atoms with E-state index in [0.29, 0.717) is 17.7 Å². The standard InChI is InChI=1S/C14H12FNO4S/c15-10-5-6-13(11(9-10)16(18)19)20-7-1-3-12(17)14-4-2-8-21-14/h2,4-6,8-9H,1,3,7H2. The largest absolute Gasteiger partial charge is 0.487 e. The minimum Gasteiger partial charge on any atom is -0.487 e. The molecule has 0 N–H and O–H groups in total. The lowest BCUT2D eigenvalue weighted by molar-refractivity contribution is -0.386. The molecular formula is C14H12FNO4S. The molecule has 0 amide bonds. The second-order valence-electron chi connectivity index (χ2n) is 4.22. The number of halogens is 1. The van der Waals surface area contributed by atoms with E-state index in [1.807, 2.05) is 5.38 Å². The van der Waals surface area contributed by atoms with Gasteiger partial charge in [0.25, 0.3) is 0 Å². The van der Waals surface area contributed by atoms with Crippen molar-refractivity contribution in [1.29, 1.82) is 0 Å². The topological polar surface area (TPSA) is 69.4 Å². The van der Waals surface area contributed by atoms with Crippen LogP contribution in [-0.4, -0.2) is 17.3 Å². The van der Waals surface area contributed by atoms with E-state index in [0.717, 1.165) is 12.1 Å². The number of ketones is 1. The fourth-order valence-electron chi connectivity index (χ4n) is 1.73. The van der Waals surface area contributed by atoms with E-state index >= 15 is 0 Å². The second kappa shape index (κ2) is 6.94. The first-order valence-corrected chi connectivity index (χ1v) is 7.09. The monoisotopic (exact) mass is 309 g/mol. The van der Waals surface area contributed by atoms with E-state index in [2.05, 4.69) is 0 Å². The van der Waals surface area contributed by atoms with Crippen LogP contribution in [0.4, 0.5) is 10.1 Å². The van der Waals surface area contributed by atoms with E-state index in [1.54, 1.807) is 12.1 Å². The lowest BCUT2D eigenvalue weighted by Gasteiger charge is -2.06. The van der Waals surface area contributed by atoms with Crippen LogP contribution in [-0.2, 0) is 0 Å². The molecule has 0 fully saturated rings. The summed E-state index contributed by atoms with van der Waals surface area (Å²) in [5, 5.41) is 12.6. The average molecular weight is 309 g/mol. The second-order valence-corrected chi connectivity index (χ2v) is 5.17. The van der Waals surface area contributed by atoms with E-state index < -0.39 is 16.4 Å². The summed E-state index contributed by atoms with van der Waals surface area (Å²) in [6, 6.07) is 6.68. The van der Waals surface area contributed by atoms with Crippen molar-refractivity contribution >= 4 is 22.8 Å². The maximum Gasteiger partial charge on any atom is 0.313 e. The van der Waals surface area contributed by atoms with Crippen LogP contribution in [0, 0.1) is 15.9 Å². The molecule has 0 spiro atoms. The van der Waals surface area contributed by atoms with Crippen LogP contribution in [0.3, 0.4) is 0 Å². The molecule has 110 valence electrons. The number of rotatable bonds is 7. The van der Waals surface area contributed by atoms with Crippen LogP contribution in [0.2, 0.25) is 0 Å². The van der Waals surface area contributed by atoms with Gasteiger partial charge in [-0.15, -0.1) is 11.3 Å². The fraction of sp³-hybridized carbons (Fsp3) is 0.214. The smallest absolute Gasteiger partial charge is 0.313 e. The van der Waals surface area contributed by atoms with Crippen molar-refractivity contribution in [2.75, 3.05) is 6.61 Å². The highest BCUT2D eigenvalue weighted by Crippen LogP contribution is 2.27. The minimum atomic E-state index is -0.699. The van der Waals surface area contributed by atoms with Gasteiger partial charge < -0.3 is 4.74 Å². The van der Waals surface area contributed by atoms with E-state index in [4.69, 9.17) is 4.74 Å². The van der Waals surface area contributed by atoms with Gasteiger partial charge in [-0.2, -0.15) is 0 Å². The zero-order chi connectivity index (χ0) is 15.2. The van der Waals surface area contributed by atoms with Gasteiger partial charge in [-0.3, -0.25) is 14.9 Å².